The number of nitrogens with zero attached hydrogens (tertiary/aromatic N) is 1. The lowest BCUT2D eigenvalue weighted by Crippen LogP contribution is -2.05. The fourth-order valence-corrected chi connectivity index (χ4v) is 1.58. The van der Waals surface area contributed by atoms with Crippen LogP contribution in [0.25, 0.3) is 0 Å². The molecule has 0 aliphatic carbocycles. The van der Waals surface area contributed by atoms with Gasteiger partial charge in [0.2, 0.25) is 0 Å². The lowest BCUT2D eigenvalue weighted by molar-refractivity contribution is -0.384. The van der Waals surface area contributed by atoms with Gasteiger partial charge >= 0.3 is 11.9 Å². The molecule has 82 valence electrons. The van der Waals surface area contributed by atoms with Crippen molar-refractivity contribution in [2.45, 2.75) is 12.3 Å². The number of carbonyl (C=O) groups excluding carboxylic acids is 2. The lowest BCUT2D eigenvalue weighted by Gasteiger charge is -2.03. The number of nitro benzene ring substituents is 1. The third kappa shape index (κ3) is 1.77. The van der Waals surface area contributed by atoms with Crippen LogP contribution in [0, 0.1) is 10.1 Å². The van der Waals surface area contributed by atoms with Gasteiger partial charge < -0.3 is 4.74 Å². The average Bonchev–Trinajstić information content (AvgIpc) is 2.58. The molecular formula is C10H7NO5. The maximum atomic E-state index is 11.3. The maximum Gasteiger partial charge on any atom is 0.321 e. The highest BCUT2D eigenvalue weighted by atomic mass is 16.6. The SMILES string of the molecule is O=C1CC(c2cccc([N+](=O)[O-])c2)C(=O)O1. The summed E-state index contributed by atoms with van der Waals surface area (Å²) in [5.41, 5.74) is 0.328. The van der Waals surface area contributed by atoms with Gasteiger partial charge in [-0.05, 0) is 5.56 Å². The number of cyclic esters (lactones) is 2. The summed E-state index contributed by atoms with van der Waals surface area (Å²) in [5, 5.41) is 10.5. The van der Waals surface area contributed by atoms with E-state index in [0.29, 0.717) is 5.56 Å². The zero-order valence-corrected chi connectivity index (χ0v) is 8.08. The van der Waals surface area contributed by atoms with Crippen LogP contribution in [-0.2, 0) is 14.3 Å². The Labute approximate surface area is 90.0 Å². The van der Waals surface area contributed by atoms with Crippen LogP contribution in [0.2, 0.25) is 0 Å². The highest BCUT2D eigenvalue weighted by molar-refractivity contribution is 5.97. The van der Waals surface area contributed by atoms with Gasteiger partial charge in [0, 0.05) is 12.1 Å². The molecule has 2 rings (SSSR count). The normalized spacial score (nSPS) is 19.6. The molecule has 1 aromatic rings. The molecule has 0 spiro atoms. The Morgan fingerprint density at radius 1 is 1.38 bits per heavy atom. The summed E-state index contributed by atoms with van der Waals surface area (Å²) >= 11 is 0. The van der Waals surface area contributed by atoms with E-state index >= 15 is 0 Å². The second-order valence-corrected chi connectivity index (χ2v) is 3.40. The highest BCUT2D eigenvalue weighted by Crippen LogP contribution is 2.29. The Balaban J connectivity index is 2.34. The molecule has 1 saturated heterocycles. The molecule has 0 saturated carbocycles. The van der Waals surface area contributed by atoms with Crippen molar-refractivity contribution in [3.63, 3.8) is 0 Å². The maximum absolute atomic E-state index is 11.3. The van der Waals surface area contributed by atoms with Gasteiger partial charge in [0.15, 0.2) is 0 Å². The van der Waals surface area contributed by atoms with Crippen molar-refractivity contribution in [3.05, 3.63) is 39.9 Å². The van der Waals surface area contributed by atoms with Gasteiger partial charge in [0.25, 0.3) is 5.69 Å². The van der Waals surface area contributed by atoms with Crippen LogP contribution >= 0.6 is 0 Å². The van der Waals surface area contributed by atoms with E-state index in [2.05, 4.69) is 4.74 Å². The molecule has 1 atom stereocenters. The number of hydrogen-bond acceptors (Lipinski definition) is 5. The summed E-state index contributed by atoms with van der Waals surface area (Å²) in [5.74, 6) is -1.96. The smallest absolute Gasteiger partial charge is 0.321 e. The van der Waals surface area contributed by atoms with E-state index in [9.17, 15) is 19.7 Å². The molecular weight excluding hydrogens is 214 g/mol. The standard InChI is InChI=1S/C10H7NO5/c12-9-5-8(10(13)16-9)6-2-1-3-7(4-6)11(14)15/h1-4,8H,5H2. The molecule has 0 radical (unpaired) electrons. The third-order valence-electron chi connectivity index (χ3n) is 2.35. The van der Waals surface area contributed by atoms with Crippen LogP contribution in [0.1, 0.15) is 17.9 Å². The number of non-ortho nitro benzene ring substituents is 1. The average molecular weight is 221 g/mol. The Hall–Kier alpha value is -2.24. The molecule has 1 aliphatic rings. The topological polar surface area (TPSA) is 86.5 Å². The van der Waals surface area contributed by atoms with Crippen molar-refractivity contribution in [3.8, 4) is 0 Å². The monoisotopic (exact) mass is 221 g/mol. The molecule has 1 unspecified atom stereocenters. The number of esters is 2. The highest BCUT2D eigenvalue weighted by Gasteiger charge is 2.35. The first kappa shape index (κ1) is 10.3. The zero-order valence-electron chi connectivity index (χ0n) is 8.08. The minimum atomic E-state index is -0.715. The summed E-state index contributed by atoms with van der Waals surface area (Å²) in [6.45, 7) is 0. The van der Waals surface area contributed by atoms with Crippen LogP contribution in [0.3, 0.4) is 0 Å². The largest absolute Gasteiger partial charge is 0.393 e. The molecule has 1 heterocycles. The fourth-order valence-electron chi connectivity index (χ4n) is 1.58. The van der Waals surface area contributed by atoms with Gasteiger partial charge in [-0.15, -0.1) is 0 Å². The van der Waals surface area contributed by atoms with E-state index in [1.54, 1.807) is 6.07 Å². The summed E-state index contributed by atoms with van der Waals surface area (Å²) in [7, 11) is 0. The van der Waals surface area contributed by atoms with Crippen molar-refractivity contribution in [2.24, 2.45) is 0 Å². The van der Waals surface area contributed by atoms with Crippen molar-refractivity contribution in [1.29, 1.82) is 0 Å². The van der Waals surface area contributed by atoms with E-state index in [4.69, 9.17) is 0 Å². The molecule has 0 bridgehead atoms. The second-order valence-electron chi connectivity index (χ2n) is 3.40. The quantitative estimate of drug-likeness (QED) is 0.323. The van der Waals surface area contributed by atoms with E-state index in [1.807, 2.05) is 0 Å². The molecule has 1 fully saturated rings. The lowest BCUT2D eigenvalue weighted by atomic mass is 9.97. The summed E-state index contributed by atoms with van der Waals surface area (Å²) in [4.78, 5) is 32.1. The Morgan fingerprint density at radius 2 is 2.12 bits per heavy atom. The van der Waals surface area contributed by atoms with Gasteiger partial charge in [-0.2, -0.15) is 0 Å². The van der Waals surface area contributed by atoms with Gasteiger partial charge in [0.05, 0.1) is 17.3 Å². The summed E-state index contributed by atoms with van der Waals surface area (Å²) < 4.78 is 4.38. The molecule has 0 aromatic heterocycles. The Kier molecular flexibility index (Phi) is 2.40. The van der Waals surface area contributed by atoms with Crippen LogP contribution in [-0.4, -0.2) is 16.9 Å². The number of ether oxygens (including phenoxy) is 1. The number of benzene rings is 1. The van der Waals surface area contributed by atoms with Crippen molar-refractivity contribution in [1.82, 2.24) is 0 Å². The van der Waals surface area contributed by atoms with Crippen LogP contribution < -0.4 is 0 Å². The summed E-state index contributed by atoms with van der Waals surface area (Å²) in [6, 6.07) is 5.65. The predicted molar refractivity (Wildman–Crippen MR) is 51.6 cm³/mol. The first-order chi connectivity index (χ1) is 7.58. The van der Waals surface area contributed by atoms with E-state index in [0.717, 1.165) is 0 Å². The predicted octanol–water partition coefficient (Wildman–Crippen LogP) is 1.15. The summed E-state index contributed by atoms with van der Waals surface area (Å²) in [6.07, 6.45) is -0.0556. The van der Waals surface area contributed by atoms with Crippen LogP contribution in [0.15, 0.2) is 24.3 Å². The number of carbonyl (C=O) groups is 2. The minimum absolute atomic E-state index is 0.0556. The first-order valence-electron chi connectivity index (χ1n) is 4.57. The molecule has 1 aromatic carbocycles. The third-order valence-corrected chi connectivity index (χ3v) is 2.35. The molecule has 1 aliphatic heterocycles. The number of rotatable bonds is 2. The second kappa shape index (κ2) is 3.73. The van der Waals surface area contributed by atoms with Crippen molar-refractivity contribution < 1.29 is 19.2 Å². The molecule has 16 heavy (non-hydrogen) atoms. The molecule has 6 heteroatoms. The number of nitro groups is 1. The van der Waals surface area contributed by atoms with E-state index in [1.165, 1.54) is 18.2 Å². The van der Waals surface area contributed by atoms with Gasteiger partial charge in [0.1, 0.15) is 0 Å². The molecule has 6 nitrogen and oxygen atoms in total. The fraction of sp³-hybridized carbons (Fsp3) is 0.200. The van der Waals surface area contributed by atoms with Crippen molar-refractivity contribution >= 4 is 17.6 Å². The number of hydrogen-bond donors (Lipinski definition) is 0. The van der Waals surface area contributed by atoms with Gasteiger partial charge in [-0.1, -0.05) is 12.1 Å². The van der Waals surface area contributed by atoms with Crippen LogP contribution in [0.4, 0.5) is 5.69 Å². The van der Waals surface area contributed by atoms with E-state index < -0.39 is 22.8 Å². The molecule has 0 N–H and O–H groups in total. The van der Waals surface area contributed by atoms with E-state index in [-0.39, 0.29) is 12.1 Å². The van der Waals surface area contributed by atoms with Gasteiger partial charge in [-0.3, -0.25) is 19.7 Å². The van der Waals surface area contributed by atoms with Crippen LogP contribution in [0.5, 0.6) is 0 Å². The Morgan fingerprint density at radius 3 is 2.69 bits per heavy atom. The minimum Gasteiger partial charge on any atom is -0.393 e. The van der Waals surface area contributed by atoms with Gasteiger partial charge in [-0.25, -0.2) is 0 Å². The first-order valence-corrected chi connectivity index (χ1v) is 4.57. The molecule has 0 amide bonds. The Bertz CT molecular complexity index is 482. The zero-order chi connectivity index (χ0) is 11.7. The van der Waals surface area contributed by atoms with Crippen molar-refractivity contribution in [2.75, 3.05) is 0 Å².